The summed E-state index contributed by atoms with van der Waals surface area (Å²) >= 11 is 0. The van der Waals surface area contributed by atoms with E-state index in [1.807, 2.05) is 6.92 Å². The zero-order valence-electron chi connectivity index (χ0n) is 8.89. The maximum atomic E-state index is 10.7. The molecule has 0 aliphatic carbocycles. The maximum absolute atomic E-state index is 10.7. The quantitative estimate of drug-likeness (QED) is 0.681. The summed E-state index contributed by atoms with van der Waals surface area (Å²) in [6, 6.07) is 0. The molecule has 4 heteroatoms. The SMILES string of the molecule is Cc1cncc(N2CCCC(C=O)C2)n1. The monoisotopic (exact) mass is 205 g/mol. The second-order valence-corrected chi connectivity index (χ2v) is 4.00. The summed E-state index contributed by atoms with van der Waals surface area (Å²) in [5.74, 6) is 1.04. The number of nitrogens with zero attached hydrogens (tertiary/aromatic N) is 3. The highest BCUT2D eigenvalue weighted by molar-refractivity contribution is 5.56. The van der Waals surface area contributed by atoms with E-state index in [-0.39, 0.29) is 5.92 Å². The van der Waals surface area contributed by atoms with Gasteiger partial charge in [0.15, 0.2) is 0 Å². The average molecular weight is 205 g/mol. The van der Waals surface area contributed by atoms with Crippen LogP contribution < -0.4 is 4.90 Å². The van der Waals surface area contributed by atoms with Crippen molar-refractivity contribution in [1.29, 1.82) is 0 Å². The van der Waals surface area contributed by atoms with Gasteiger partial charge in [0, 0.05) is 25.2 Å². The van der Waals surface area contributed by atoms with Crippen LogP contribution >= 0.6 is 0 Å². The first-order valence-electron chi connectivity index (χ1n) is 5.28. The molecule has 1 aromatic heterocycles. The number of aldehydes is 1. The van der Waals surface area contributed by atoms with E-state index in [0.717, 1.165) is 43.7 Å². The van der Waals surface area contributed by atoms with Crippen molar-refractivity contribution in [3.8, 4) is 0 Å². The van der Waals surface area contributed by atoms with Gasteiger partial charge >= 0.3 is 0 Å². The Morgan fingerprint density at radius 2 is 2.40 bits per heavy atom. The largest absolute Gasteiger partial charge is 0.355 e. The Bertz CT molecular complexity index is 353. The minimum atomic E-state index is 0.154. The Balaban J connectivity index is 2.13. The minimum Gasteiger partial charge on any atom is -0.355 e. The first kappa shape index (κ1) is 10.1. The molecule has 0 N–H and O–H groups in total. The van der Waals surface area contributed by atoms with Crippen LogP contribution in [0.2, 0.25) is 0 Å². The highest BCUT2D eigenvalue weighted by Gasteiger charge is 2.20. The van der Waals surface area contributed by atoms with Crippen LogP contribution in [0.4, 0.5) is 5.82 Å². The Morgan fingerprint density at radius 1 is 1.53 bits per heavy atom. The summed E-state index contributed by atoms with van der Waals surface area (Å²) in [7, 11) is 0. The van der Waals surface area contributed by atoms with E-state index in [4.69, 9.17) is 0 Å². The predicted octanol–water partition coefficient (Wildman–Crippen LogP) is 1.20. The lowest BCUT2D eigenvalue weighted by Gasteiger charge is -2.30. The highest BCUT2D eigenvalue weighted by atomic mass is 16.1. The molecule has 1 saturated heterocycles. The zero-order valence-corrected chi connectivity index (χ0v) is 8.89. The molecule has 2 rings (SSSR count). The van der Waals surface area contributed by atoms with E-state index >= 15 is 0 Å². The number of carbonyl (C=O) groups excluding carboxylic acids is 1. The molecule has 80 valence electrons. The predicted molar refractivity (Wildman–Crippen MR) is 57.8 cm³/mol. The first-order chi connectivity index (χ1) is 7.29. The van der Waals surface area contributed by atoms with Crippen LogP contribution in [0.3, 0.4) is 0 Å². The first-order valence-corrected chi connectivity index (χ1v) is 5.28. The number of aromatic nitrogens is 2. The van der Waals surface area contributed by atoms with Gasteiger partial charge < -0.3 is 9.69 Å². The van der Waals surface area contributed by atoms with Crippen molar-refractivity contribution in [2.24, 2.45) is 5.92 Å². The van der Waals surface area contributed by atoms with Gasteiger partial charge in [-0.15, -0.1) is 0 Å². The number of hydrogen-bond acceptors (Lipinski definition) is 4. The van der Waals surface area contributed by atoms with Crippen LogP contribution in [0, 0.1) is 12.8 Å². The molecule has 0 spiro atoms. The number of anilines is 1. The summed E-state index contributed by atoms with van der Waals surface area (Å²) in [4.78, 5) is 21.4. The van der Waals surface area contributed by atoms with Crippen LogP contribution in [-0.4, -0.2) is 29.3 Å². The van der Waals surface area contributed by atoms with Crippen molar-refractivity contribution < 1.29 is 4.79 Å². The van der Waals surface area contributed by atoms with Crippen LogP contribution in [0.15, 0.2) is 12.4 Å². The fourth-order valence-corrected chi connectivity index (χ4v) is 1.93. The minimum absolute atomic E-state index is 0.154. The zero-order chi connectivity index (χ0) is 10.7. The topological polar surface area (TPSA) is 46.1 Å². The highest BCUT2D eigenvalue weighted by Crippen LogP contribution is 2.19. The summed E-state index contributed by atoms with van der Waals surface area (Å²) < 4.78 is 0. The lowest BCUT2D eigenvalue weighted by atomic mass is 10.00. The molecule has 4 nitrogen and oxygen atoms in total. The van der Waals surface area contributed by atoms with E-state index in [1.165, 1.54) is 0 Å². The molecular weight excluding hydrogens is 190 g/mol. The Labute approximate surface area is 89.3 Å². The molecule has 0 bridgehead atoms. The van der Waals surface area contributed by atoms with Crippen LogP contribution in [0.25, 0.3) is 0 Å². The number of carbonyl (C=O) groups is 1. The average Bonchev–Trinajstić information content (AvgIpc) is 2.29. The Kier molecular flexibility index (Phi) is 2.94. The van der Waals surface area contributed by atoms with Gasteiger partial charge in [-0.05, 0) is 19.8 Å². The number of hydrogen-bond donors (Lipinski definition) is 0. The van der Waals surface area contributed by atoms with E-state index in [9.17, 15) is 4.79 Å². The van der Waals surface area contributed by atoms with E-state index in [1.54, 1.807) is 12.4 Å². The number of piperidine rings is 1. The van der Waals surface area contributed by atoms with Gasteiger partial charge in [-0.2, -0.15) is 0 Å². The number of aryl methyl sites for hydroxylation is 1. The van der Waals surface area contributed by atoms with Gasteiger partial charge in [-0.25, -0.2) is 4.98 Å². The molecule has 0 radical (unpaired) electrons. The van der Waals surface area contributed by atoms with Crippen LogP contribution in [-0.2, 0) is 4.79 Å². The summed E-state index contributed by atoms with van der Waals surface area (Å²) in [5, 5.41) is 0. The second kappa shape index (κ2) is 4.38. The van der Waals surface area contributed by atoms with Crippen LogP contribution in [0.5, 0.6) is 0 Å². The summed E-state index contributed by atoms with van der Waals surface area (Å²) in [6.45, 7) is 3.68. The third-order valence-corrected chi connectivity index (χ3v) is 2.72. The summed E-state index contributed by atoms with van der Waals surface area (Å²) in [5.41, 5.74) is 0.917. The lowest BCUT2D eigenvalue weighted by molar-refractivity contribution is -0.111. The van der Waals surface area contributed by atoms with Crippen molar-refractivity contribution in [2.45, 2.75) is 19.8 Å². The van der Waals surface area contributed by atoms with Gasteiger partial charge in [0.1, 0.15) is 12.1 Å². The molecule has 1 aromatic rings. The number of rotatable bonds is 2. The Morgan fingerprint density at radius 3 is 3.13 bits per heavy atom. The standard InChI is InChI=1S/C11H15N3O/c1-9-5-12-6-11(13-9)14-4-2-3-10(7-14)8-15/h5-6,8,10H,2-4,7H2,1H3. The third-order valence-electron chi connectivity index (χ3n) is 2.72. The maximum Gasteiger partial charge on any atom is 0.147 e. The molecule has 0 aromatic carbocycles. The van der Waals surface area contributed by atoms with Gasteiger partial charge in [-0.3, -0.25) is 4.98 Å². The van der Waals surface area contributed by atoms with Crippen molar-refractivity contribution in [1.82, 2.24) is 9.97 Å². The van der Waals surface area contributed by atoms with Crippen LogP contribution in [0.1, 0.15) is 18.5 Å². The molecule has 1 aliphatic heterocycles. The van der Waals surface area contributed by atoms with Gasteiger partial charge in [0.05, 0.1) is 11.9 Å². The summed E-state index contributed by atoms with van der Waals surface area (Å²) in [6.07, 6.45) is 6.61. The molecule has 1 unspecified atom stereocenters. The molecule has 15 heavy (non-hydrogen) atoms. The van der Waals surface area contributed by atoms with E-state index in [0.29, 0.717) is 0 Å². The van der Waals surface area contributed by atoms with Gasteiger partial charge in [-0.1, -0.05) is 0 Å². The van der Waals surface area contributed by atoms with Crippen molar-refractivity contribution in [3.05, 3.63) is 18.1 Å². The van der Waals surface area contributed by atoms with Crippen molar-refractivity contribution in [3.63, 3.8) is 0 Å². The lowest BCUT2D eigenvalue weighted by Crippen LogP contribution is -2.36. The van der Waals surface area contributed by atoms with E-state index < -0.39 is 0 Å². The molecule has 1 fully saturated rings. The normalized spacial score (nSPS) is 21.4. The van der Waals surface area contributed by atoms with Crippen molar-refractivity contribution in [2.75, 3.05) is 18.0 Å². The second-order valence-electron chi connectivity index (χ2n) is 4.00. The molecule has 2 heterocycles. The fraction of sp³-hybridized carbons (Fsp3) is 0.545. The molecule has 0 amide bonds. The molecule has 1 atom stereocenters. The van der Waals surface area contributed by atoms with Gasteiger partial charge in [0.2, 0.25) is 0 Å². The van der Waals surface area contributed by atoms with E-state index in [2.05, 4.69) is 14.9 Å². The molecular formula is C11H15N3O. The fourth-order valence-electron chi connectivity index (χ4n) is 1.93. The molecule has 1 aliphatic rings. The van der Waals surface area contributed by atoms with Gasteiger partial charge in [0.25, 0.3) is 0 Å². The van der Waals surface area contributed by atoms with Crippen molar-refractivity contribution >= 4 is 12.1 Å². The third kappa shape index (κ3) is 2.32. The molecule has 0 saturated carbocycles. The Hall–Kier alpha value is -1.45. The smallest absolute Gasteiger partial charge is 0.147 e.